The van der Waals surface area contributed by atoms with Gasteiger partial charge in [0.25, 0.3) is 5.56 Å². The number of hydrogen-bond acceptors (Lipinski definition) is 5. The Morgan fingerprint density at radius 1 is 1.32 bits per heavy atom. The first-order valence-corrected chi connectivity index (χ1v) is 10.9. The second-order valence-electron chi connectivity index (χ2n) is 6.24. The number of amides is 1. The molecule has 0 saturated carbocycles. The predicted octanol–water partition coefficient (Wildman–Crippen LogP) is 4.10. The summed E-state index contributed by atoms with van der Waals surface area (Å²) in [5.74, 6) is -0.0560. The first-order chi connectivity index (χ1) is 13.4. The highest BCUT2D eigenvalue weighted by Crippen LogP contribution is 2.22. The van der Waals surface area contributed by atoms with Crippen LogP contribution < -0.4 is 10.9 Å². The van der Waals surface area contributed by atoms with Crippen LogP contribution in [0.5, 0.6) is 0 Å². The highest BCUT2D eigenvalue weighted by molar-refractivity contribution is 8.00. The maximum atomic E-state index is 12.3. The van der Waals surface area contributed by atoms with Crippen LogP contribution in [-0.4, -0.2) is 27.5 Å². The molecule has 2 heterocycles. The van der Waals surface area contributed by atoms with E-state index in [-0.39, 0.29) is 16.7 Å². The Kier molecular flexibility index (Phi) is 6.93. The van der Waals surface area contributed by atoms with Crippen LogP contribution >= 0.6 is 34.7 Å². The smallest absolute Gasteiger partial charge is 0.271 e. The first kappa shape index (κ1) is 20.6. The second-order valence-corrected chi connectivity index (χ2v) is 9.04. The van der Waals surface area contributed by atoms with E-state index in [9.17, 15) is 9.59 Å². The van der Waals surface area contributed by atoms with Gasteiger partial charge >= 0.3 is 0 Å². The first-order valence-electron chi connectivity index (χ1n) is 8.77. The van der Waals surface area contributed by atoms with Crippen LogP contribution in [0.3, 0.4) is 0 Å². The van der Waals surface area contributed by atoms with E-state index in [0.29, 0.717) is 22.3 Å². The zero-order chi connectivity index (χ0) is 20.1. The monoisotopic (exact) mass is 433 g/mol. The third-order valence-electron chi connectivity index (χ3n) is 4.09. The number of carbonyl (C=O) groups excluding carboxylic acids is 1. The van der Waals surface area contributed by atoms with Gasteiger partial charge in [-0.05, 0) is 55.5 Å². The predicted molar refractivity (Wildman–Crippen MR) is 116 cm³/mol. The van der Waals surface area contributed by atoms with E-state index >= 15 is 0 Å². The van der Waals surface area contributed by atoms with Gasteiger partial charge < -0.3 is 5.32 Å². The number of halogens is 1. The Morgan fingerprint density at radius 3 is 2.86 bits per heavy atom. The lowest BCUT2D eigenvalue weighted by Gasteiger charge is -2.12. The van der Waals surface area contributed by atoms with Crippen molar-refractivity contribution in [2.24, 2.45) is 0 Å². The molecule has 5 nitrogen and oxygen atoms in total. The molecule has 0 unspecified atom stereocenters. The van der Waals surface area contributed by atoms with E-state index in [1.165, 1.54) is 27.4 Å². The normalized spacial score (nSPS) is 12.0. The fourth-order valence-corrected chi connectivity index (χ4v) is 4.21. The van der Waals surface area contributed by atoms with Gasteiger partial charge in [0.2, 0.25) is 5.91 Å². The van der Waals surface area contributed by atoms with E-state index in [1.807, 2.05) is 31.4 Å². The van der Waals surface area contributed by atoms with E-state index in [0.717, 1.165) is 12.0 Å². The summed E-state index contributed by atoms with van der Waals surface area (Å²) in [6.07, 6.45) is 0.818. The van der Waals surface area contributed by atoms with Crippen molar-refractivity contribution >= 4 is 40.6 Å². The SMILES string of the molecule is Cc1ccc(-n2nc(S[C@@H](C)C(=O)NCCc3cccs3)ccc2=O)cc1Cl. The van der Waals surface area contributed by atoms with Gasteiger partial charge in [0.15, 0.2) is 0 Å². The van der Waals surface area contributed by atoms with Crippen molar-refractivity contribution in [3.63, 3.8) is 0 Å². The minimum Gasteiger partial charge on any atom is -0.355 e. The summed E-state index contributed by atoms with van der Waals surface area (Å²) >= 11 is 9.16. The molecule has 1 N–H and O–H groups in total. The molecule has 0 radical (unpaired) electrons. The van der Waals surface area contributed by atoms with Crippen LogP contribution in [0.1, 0.15) is 17.4 Å². The number of thioether (sulfide) groups is 1. The van der Waals surface area contributed by atoms with Gasteiger partial charge in [-0.25, -0.2) is 0 Å². The van der Waals surface area contributed by atoms with E-state index < -0.39 is 0 Å². The lowest BCUT2D eigenvalue weighted by molar-refractivity contribution is -0.120. The van der Waals surface area contributed by atoms with E-state index in [2.05, 4.69) is 16.5 Å². The second kappa shape index (κ2) is 9.41. The van der Waals surface area contributed by atoms with E-state index in [4.69, 9.17) is 11.6 Å². The number of aromatic nitrogens is 2. The lowest BCUT2D eigenvalue weighted by Crippen LogP contribution is -2.32. The highest BCUT2D eigenvalue weighted by atomic mass is 35.5. The van der Waals surface area contributed by atoms with Crippen molar-refractivity contribution in [3.8, 4) is 5.69 Å². The van der Waals surface area contributed by atoms with E-state index in [1.54, 1.807) is 29.5 Å². The molecule has 0 bridgehead atoms. The number of nitrogens with zero attached hydrogens (tertiary/aromatic N) is 2. The third kappa shape index (κ3) is 5.25. The summed E-state index contributed by atoms with van der Waals surface area (Å²) in [4.78, 5) is 25.8. The van der Waals surface area contributed by atoms with Crippen molar-refractivity contribution in [3.05, 3.63) is 73.7 Å². The number of nitrogens with one attached hydrogen (secondary N) is 1. The Morgan fingerprint density at radius 2 is 2.14 bits per heavy atom. The van der Waals surface area contributed by atoms with Crippen LogP contribution in [0.4, 0.5) is 0 Å². The van der Waals surface area contributed by atoms with Crippen molar-refractivity contribution in [1.82, 2.24) is 15.1 Å². The van der Waals surface area contributed by atoms with Crippen LogP contribution in [0.25, 0.3) is 5.69 Å². The Bertz CT molecular complexity index is 1020. The number of carbonyl (C=O) groups is 1. The molecule has 28 heavy (non-hydrogen) atoms. The van der Waals surface area contributed by atoms with Gasteiger partial charge in [-0.2, -0.15) is 9.78 Å². The molecule has 0 aliphatic heterocycles. The molecule has 1 amide bonds. The van der Waals surface area contributed by atoms with Crippen molar-refractivity contribution < 1.29 is 4.79 Å². The van der Waals surface area contributed by atoms with Crippen LogP contribution in [0, 0.1) is 6.92 Å². The molecule has 0 aliphatic rings. The molecule has 0 aliphatic carbocycles. The zero-order valence-electron chi connectivity index (χ0n) is 15.5. The Labute approximate surface area is 176 Å². The molecule has 1 aromatic carbocycles. The maximum absolute atomic E-state index is 12.3. The summed E-state index contributed by atoms with van der Waals surface area (Å²) in [5, 5.41) is 10.2. The fourth-order valence-electron chi connectivity index (χ4n) is 2.50. The minimum absolute atomic E-state index is 0.0560. The summed E-state index contributed by atoms with van der Waals surface area (Å²) in [7, 11) is 0. The Hall–Kier alpha value is -2.09. The largest absolute Gasteiger partial charge is 0.355 e. The molecular formula is C20H20ClN3O2S2. The number of aryl methyl sites for hydroxylation is 1. The fraction of sp³-hybridized carbons (Fsp3) is 0.250. The summed E-state index contributed by atoms with van der Waals surface area (Å²) < 4.78 is 1.30. The number of benzene rings is 1. The highest BCUT2D eigenvalue weighted by Gasteiger charge is 2.16. The molecule has 8 heteroatoms. The average molecular weight is 434 g/mol. The van der Waals surface area contributed by atoms with Crippen LogP contribution in [0.2, 0.25) is 5.02 Å². The molecule has 1 atom stereocenters. The zero-order valence-corrected chi connectivity index (χ0v) is 17.9. The number of hydrogen-bond donors (Lipinski definition) is 1. The standard InChI is InChI=1S/C20H20ClN3O2S2/c1-13-5-6-15(12-17(13)21)24-19(25)8-7-18(23-24)28-14(2)20(26)22-10-9-16-4-3-11-27-16/h3-8,11-12,14H,9-10H2,1-2H3,(H,22,26)/t14-/m0/s1. The molecule has 3 aromatic rings. The third-order valence-corrected chi connectivity index (χ3v) is 6.46. The van der Waals surface area contributed by atoms with Gasteiger partial charge in [-0.1, -0.05) is 35.5 Å². The van der Waals surface area contributed by atoms with Gasteiger partial charge in [0.1, 0.15) is 5.03 Å². The van der Waals surface area contributed by atoms with Crippen molar-refractivity contribution in [2.75, 3.05) is 6.54 Å². The molecule has 3 rings (SSSR count). The maximum Gasteiger partial charge on any atom is 0.271 e. The molecule has 0 saturated heterocycles. The van der Waals surface area contributed by atoms with Gasteiger partial charge in [-0.3, -0.25) is 9.59 Å². The number of rotatable bonds is 7. The van der Waals surface area contributed by atoms with Gasteiger partial charge in [0, 0.05) is 22.5 Å². The van der Waals surface area contributed by atoms with Crippen LogP contribution in [-0.2, 0) is 11.2 Å². The molecule has 2 aromatic heterocycles. The Balaban J connectivity index is 1.65. The quantitative estimate of drug-likeness (QED) is 0.570. The summed E-state index contributed by atoms with van der Waals surface area (Å²) in [6.45, 7) is 4.32. The summed E-state index contributed by atoms with van der Waals surface area (Å²) in [6, 6.07) is 12.5. The topological polar surface area (TPSA) is 64.0 Å². The molecule has 0 fully saturated rings. The summed E-state index contributed by atoms with van der Waals surface area (Å²) in [5.41, 5.74) is 1.27. The number of thiophene rings is 1. The van der Waals surface area contributed by atoms with Crippen LogP contribution in [0.15, 0.2) is 57.7 Å². The lowest BCUT2D eigenvalue weighted by atomic mass is 10.2. The minimum atomic E-state index is -0.330. The van der Waals surface area contributed by atoms with Gasteiger partial charge in [-0.15, -0.1) is 11.3 Å². The molecule has 0 spiro atoms. The molecular weight excluding hydrogens is 414 g/mol. The molecule has 146 valence electrons. The van der Waals surface area contributed by atoms with Crippen molar-refractivity contribution in [2.45, 2.75) is 30.5 Å². The van der Waals surface area contributed by atoms with Crippen molar-refractivity contribution in [1.29, 1.82) is 0 Å². The average Bonchev–Trinajstić information content (AvgIpc) is 3.19. The van der Waals surface area contributed by atoms with Gasteiger partial charge in [0.05, 0.1) is 10.9 Å².